The number of esters is 1. The minimum absolute atomic E-state index is 0.0434. The molecule has 0 aromatic carbocycles. The fraction of sp³-hybridized carbons (Fsp3) is 0.714. The Labute approximate surface area is 192 Å². The summed E-state index contributed by atoms with van der Waals surface area (Å²) in [7, 11) is 0. The van der Waals surface area contributed by atoms with Gasteiger partial charge in [-0.05, 0) is 77.7 Å². The lowest BCUT2D eigenvalue weighted by Crippen LogP contribution is -2.15. The van der Waals surface area contributed by atoms with E-state index in [1.165, 1.54) is 24.0 Å². The zero-order valence-corrected chi connectivity index (χ0v) is 21.4. The van der Waals surface area contributed by atoms with Gasteiger partial charge in [0.05, 0.1) is 0 Å². The van der Waals surface area contributed by atoms with E-state index in [0.717, 1.165) is 44.9 Å². The summed E-state index contributed by atoms with van der Waals surface area (Å²) in [4.78, 5) is 25.3. The van der Waals surface area contributed by atoms with Crippen molar-refractivity contribution >= 4 is 11.8 Å². The first-order valence-electron chi connectivity index (χ1n) is 12.4. The third kappa shape index (κ3) is 17.7. The van der Waals surface area contributed by atoms with Crippen LogP contribution in [0.2, 0.25) is 0 Å². The molecule has 0 heterocycles. The minimum Gasteiger partial charge on any atom is -0.423 e. The standard InChI is InChI=1S/C28H48O3/c1-8-9-10-11-12-19-28(30)31-27(21-25(7)18-14-16-23(4)5)26(29)20-24(6)17-13-15-22(2)3/h15-16,21,24-25H,8-14,17-20H2,1-7H3. The highest BCUT2D eigenvalue weighted by atomic mass is 16.5. The van der Waals surface area contributed by atoms with Gasteiger partial charge in [-0.15, -0.1) is 0 Å². The molecule has 2 atom stereocenters. The van der Waals surface area contributed by atoms with Gasteiger partial charge < -0.3 is 4.74 Å². The average molecular weight is 433 g/mol. The first kappa shape index (κ1) is 29.4. The molecule has 0 aliphatic carbocycles. The van der Waals surface area contributed by atoms with Gasteiger partial charge in [-0.3, -0.25) is 9.59 Å². The molecule has 0 aliphatic rings. The van der Waals surface area contributed by atoms with Crippen LogP contribution in [-0.4, -0.2) is 11.8 Å². The van der Waals surface area contributed by atoms with Crippen LogP contribution in [0.3, 0.4) is 0 Å². The van der Waals surface area contributed by atoms with E-state index in [1.807, 2.05) is 6.08 Å². The number of ether oxygens (including phenoxy) is 1. The summed E-state index contributed by atoms with van der Waals surface area (Å²) >= 11 is 0. The minimum atomic E-state index is -0.273. The van der Waals surface area contributed by atoms with Crippen molar-refractivity contribution < 1.29 is 14.3 Å². The van der Waals surface area contributed by atoms with Crippen molar-refractivity contribution in [2.24, 2.45) is 11.8 Å². The van der Waals surface area contributed by atoms with Crippen LogP contribution in [0.1, 0.15) is 119 Å². The summed E-state index contributed by atoms with van der Waals surface area (Å²) < 4.78 is 5.61. The number of rotatable bonds is 17. The molecule has 0 spiro atoms. The lowest BCUT2D eigenvalue weighted by atomic mass is 9.96. The molecule has 178 valence electrons. The van der Waals surface area contributed by atoms with Crippen molar-refractivity contribution in [1.29, 1.82) is 0 Å². The van der Waals surface area contributed by atoms with Crippen LogP contribution in [0.5, 0.6) is 0 Å². The van der Waals surface area contributed by atoms with Crippen LogP contribution in [-0.2, 0) is 14.3 Å². The molecule has 3 heteroatoms. The summed E-state index contributed by atoms with van der Waals surface area (Å²) in [5.41, 5.74) is 2.60. The van der Waals surface area contributed by atoms with Gasteiger partial charge in [-0.1, -0.05) is 69.8 Å². The quantitative estimate of drug-likeness (QED) is 0.0760. The predicted octanol–water partition coefficient (Wildman–Crippen LogP) is 8.50. The van der Waals surface area contributed by atoms with Crippen LogP contribution in [0.15, 0.2) is 35.1 Å². The zero-order chi connectivity index (χ0) is 23.6. The molecule has 0 aliphatic heterocycles. The summed E-state index contributed by atoms with van der Waals surface area (Å²) in [5.74, 6) is 0.397. The third-order valence-corrected chi connectivity index (χ3v) is 5.34. The van der Waals surface area contributed by atoms with Crippen LogP contribution in [0.4, 0.5) is 0 Å². The Morgan fingerprint density at radius 2 is 1.42 bits per heavy atom. The SMILES string of the molecule is CCCCCCCC(=O)OC(=CC(C)CCC=C(C)C)C(=O)CC(C)CCC=C(C)C. The highest BCUT2D eigenvalue weighted by Gasteiger charge is 2.19. The summed E-state index contributed by atoms with van der Waals surface area (Å²) in [6.45, 7) is 14.7. The number of hydrogen-bond donors (Lipinski definition) is 0. The fourth-order valence-corrected chi connectivity index (χ4v) is 3.38. The zero-order valence-electron chi connectivity index (χ0n) is 21.4. The van der Waals surface area contributed by atoms with Gasteiger partial charge in [0, 0.05) is 12.8 Å². The molecule has 0 saturated carbocycles. The van der Waals surface area contributed by atoms with E-state index in [2.05, 4.69) is 60.6 Å². The monoisotopic (exact) mass is 432 g/mol. The maximum atomic E-state index is 12.9. The average Bonchev–Trinajstić information content (AvgIpc) is 2.66. The van der Waals surface area contributed by atoms with Gasteiger partial charge in [-0.25, -0.2) is 0 Å². The Morgan fingerprint density at radius 1 is 0.839 bits per heavy atom. The van der Waals surface area contributed by atoms with E-state index in [1.54, 1.807) is 0 Å². The highest BCUT2D eigenvalue weighted by molar-refractivity contribution is 5.95. The van der Waals surface area contributed by atoms with Gasteiger partial charge in [-0.2, -0.15) is 0 Å². The third-order valence-electron chi connectivity index (χ3n) is 5.34. The Balaban J connectivity index is 4.96. The van der Waals surface area contributed by atoms with E-state index in [0.29, 0.717) is 12.8 Å². The first-order chi connectivity index (χ1) is 14.6. The maximum absolute atomic E-state index is 12.9. The van der Waals surface area contributed by atoms with Gasteiger partial charge in [0.1, 0.15) is 0 Å². The molecule has 0 N–H and O–H groups in total. The van der Waals surface area contributed by atoms with Gasteiger partial charge in [0.15, 0.2) is 11.5 Å². The molecule has 0 radical (unpaired) electrons. The molecule has 0 saturated heterocycles. The molecular weight excluding hydrogens is 384 g/mol. The van der Waals surface area contributed by atoms with Gasteiger partial charge >= 0.3 is 5.97 Å². The Hall–Kier alpha value is -1.64. The molecule has 0 aromatic heterocycles. The second kappa shape index (κ2) is 18.0. The molecule has 2 unspecified atom stereocenters. The van der Waals surface area contributed by atoms with Crippen molar-refractivity contribution in [2.45, 2.75) is 119 Å². The normalized spacial score (nSPS) is 13.3. The Morgan fingerprint density at radius 3 is 2.00 bits per heavy atom. The van der Waals surface area contributed by atoms with Crippen molar-refractivity contribution in [3.63, 3.8) is 0 Å². The smallest absolute Gasteiger partial charge is 0.311 e. The summed E-state index contributed by atoms with van der Waals surface area (Å²) in [6.07, 6.45) is 16.3. The van der Waals surface area contributed by atoms with Crippen molar-refractivity contribution in [2.75, 3.05) is 0 Å². The Kier molecular flexibility index (Phi) is 17.0. The fourth-order valence-electron chi connectivity index (χ4n) is 3.38. The molecule has 0 fully saturated rings. The number of Topliss-reactive ketones (excluding diaryl/α,β-unsaturated/α-hetero) is 1. The second-order valence-electron chi connectivity index (χ2n) is 9.60. The number of hydrogen-bond acceptors (Lipinski definition) is 3. The van der Waals surface area contributed by atoms with E-state index in [-0.39, 0.29) is 29.3 Å². The van der Waals surface area contributed by atoms with Crippen LogP contribution < -0.4 is 0 Å². The van der Waals surface area contributed by atoms with Crippen molar-refractivity contribution in [3.8, 4) is 0 Å². The van der Waals surface area contributed by atoms with Crippen LogP contribution in [0, 0.1) is 11.8 Å². The highest BCUT2D eigenvalue weighted by Crippen LogP contribution is 2.20. The van der Waals surface area contributed by atoms with E-state index in [4.69, 9.17) is 4.74 Å². The van der Waals surface area contributed by atoms with E-state index in [9.17, 15) is 9.59 Å². The molecule has 0 rings (SSSR count). The van der Waals surface area contributed by atoms with E-state index >= 15 is 0 Å². The van der Waals surface area contributed by atoms with Crippen LogP contribution in [0.25, 0.3) is 0 Å². The number of ketones is 1. The van der Waals surface area contributed by atoms with Crippen molar-refractivity contribution in [3.05, 3.63) is 35.1 Å². The second-order valence-corrected chi connectivity index (χ2v) is 9.60. The summed E-state index contributed by atoms with van der Waals surface area (Å²) in [6, 6.07) is 0. The van der Waals surface area contributed by atoms with Crippen LogP contribution >= 0.6 is 0 Å². The Bertz CT molecular complexity index is 602. The van der Waals surface area contributed by atoms with Crippen molar-refractivity contribution in [1.82, 2.24) is 0 Å². The summed E-state index contributed by atoms with van der Waals surface area (Å²) in [5, 5.41) is 0. The topological polar surface area (TPSA) is 43.4 Å². The molecule has 0 amide bonds. The predicted molar refractivity (Wildman–Crippen MR) is 133 cm³/mol. The van der Waals surface area contributed by atoms with E-state index < -0.39 is 0 Å². The van der Waals surface area contributed by atoms with Gasteiger partial charge in [0.25, 0.3) is 0 Å². The number of unbranched alkanes of at least 4 members (excludes halogenated alkanes) is 4. The molecule has 3 nitrogen and oxygen atoms in total. The molecular formula is C28H48O3. The maximum Gasteiger partial charge on any atom is 0.311 e. The molecule has 0 aromatic rings. The lowest BCUT2D eigenvalue weighted by Gasteiger charge is -2.14. The number of carbonyl (C=O) groups is 2. The number of carbonyl (C=O) groups excluding carboxylic acids is 2. The lowest BCUT2D eigenvalue weighted by molar-refractivity contribution is -0.143. The first-order valence-corrected chi connectivity index (χ1v) is 12.4. The molecule has 31 heavy (non-hydrogen) atoms. The molecule has 0 bridgehead atoms. The largest absolute Gasteiger partial charge is 0.423 e. The van der Waals surface area contributed by atoms with Gasteiger partial charge in [0.2, 0.25) is 0 Å². The number of allylic oxidation sites excluding steroid dienone is 6.